The Balaban J connectivity index is 2.90. The summed E-state index contributed by atoms with van der Waals surface area (Å²) >= 11 is 4.84. The largest absolute Gasteiger partial charge is 0.395 e. The minimum Gasteiger partial charge on any atom is -0.395 e. The molecule has 1 aromatic rings. The number of benzene rings is 1. The maximum Gasteiger partial charge on any atom is 0.218 e. The van der Waals surface area contributed by atoms with Crippen molar-refractivity contribution in [3.63, 3.8) is 0 Å². The number of nitrogens with zero attached hydrogens (tertiary/aromatic N) is 1. The molecule has 5 nitrogen and oxygen atoms in total. The topological polar surface area (TPSA) is 83.6 Å². The molecule has 3 N–H and O–H groups in total. The average molecular weight is 288 g/mol. The number of likely N-dealkylation sites (N-methyl/N-ethyl adjacent to an activating group) is 1. The van der Waals surface area contributed by atoms with E-state index in [4.69, 9.17) is 23.1 Å². The zero-order valence-electron chi connectivity index (χ0n) is 10.0. The first-order valence-corrected chi connectivity index (χ1v) is 7.32. The second kappa shape index (κ2) is 6.24. The van der Waals surface area contributed by atoms with E-state index in [9.17, 15) is 8.42 Å². The van der Waals surface area contributed by atoms with E-state index in [1.807, 2.05) is 0 Å². The number of sulfonamides is 1. The summed E-state index contributed by atoms with van der Waals surface area (Å²) in [6.07, 6.45) is 0. The van der Waals surface area contributed by atoms with Crippen LogP contribution in [0.5, 0.6) is 0 Å². The fourth-order valence-electron chi connectivity index (χ4n) is 1.42. The molecule has 100 valence electrons. The van der Waals surface area contributed by atoms with Crippen LogP contribution in [0.3, 0.4) is 0 Å². The lowest BCUT2D eigenvalue weighted by Gasteiger charge is -2.16. The summed E-state index contributed by atoms with van der Waals surface area (Å²) in [5.74, 6) is -0.139. The molecule has 0 atom stereocenters. The Morgan fingerprint density at radius 2 is 2.17 bits per heavy atom. The van der Waals surface area contributed by atoms with Gasteiger partial charge in [0.1, 0.15) is 4.99 Å². The lowest BCUT2D eigenvalue weighted by atomic mass is 10.1. The van der Waals surface area contributed by atoms with Gasteiger partial charge in [-0.15, -0.1) is 0 Å². The molecule has 0 amide bonds. The van der Waals surface area contributed by atoms with Gasteiger partial charge in [0, 0.05) is 19.2 Å². The van der Waals surface area contributed by atoms with Crippen LogP contribution >= 0.6 is 12.2 Å². The Morgan fingerprint density at radius 1 is 1.50 bits per heavy atom. The third-order valence-electron chi connectivity index (χ3n) is 2.45. The summed E-state index contributed by atoms with van der Waals surface area (Å²) in [4.78, 5) is 0.234. The highest BCUT2D eigenvalue weighted by Gasteiger charge is 2.18. The molecule has 0 radical (unpaired) electrons. The molecule has 0 saturated carbocycles. The van der Waals surface area contributed by atoms with Gasteiger partial charge in [-0.3, -0.25) is 0 Å². The zero-order chi connectivity index (χ0) is 13.8. The second-order valence-electron chi connectivity index (χ2n) is 3.87. The summed E-state index contributed by atoms with van der Waals surface area (Å²) in [7, 11) is -2.00. The lowest BCUT2D eigenvalue weighted by Crippen LogP contribution is -2.30. The zero-order valence-corrected chi connectivity index (χ0v) is 11.7. The van der Waals surface area contributed by atoms with Gasteiger partial charge in [-0.1, -0.05) is 30.4 Å². The Hall–Kier alpha value is -1.02. The predicted octanol–water partition coefficient (Wildman–Crippen LogP) is 0.0747. The van der Waals surface area contributed by atoms with Crippen LogP contribution < -0.4 is 5.73 Å². The van der Waals surface area contributed by atoms with Crippen LogP contribution in [0, 0.1) is 0 Å². The van der Waals surface area contributed by atoms with Crippen LogP contribution in [0.4, 0.5) is 0 Å². The van der Waals surface area contributed by atoms with Gasteiger partial charge in [0.2, 0.25) is 10.0 Å². The normalized spacial score (nSPS) is 11.7. The number of aliphatic hydroxyl groups is 1. The monoisotopic (exact) mass is 288 g/mol. The molecule has 1 aromatic carbocycles. The van der Waals surface area contributed by atoms with Gasteiger partial charge in [-0.2, -0.15) is 0 Å². The van der Waals surface area contributed by atoms with Crippen molar-refractivity contribution in [3.05, 3.63) is 35.4 Å². The van der Waals surface area contributed by atoms with E-state index >= 15 is 0 Å². The minimum absolute atomic E-state index is 0.0807. The number of rotatable bonds is 6. The van der Waals surface area contributed by atoms with E-state index < -0.39 is 10.0 Å². The van der Waals surface area contributed by atoms with Crippen LogP contribution in [0.25, 0.3) is 0 Å². The molecule has 0 bridgehead atoms. The van der Waals surface area contributed by atoms with Crippen molar-refractivity contribution < 1.29 is 13.5 Å². The SMILES string of the molecule is CN(CCO)S(=O)(=O)Cc1cccc(C(N)=S)c1. The van der Waals surface area contributed by atoms with Crippen molar-refractivity contribution in [3.8, 4) is 0 Å². The minimum atomic E-state index is -3.43. The summed E-state index contributed by atoms with van der Waals surface area (Å²) < 4.78 is 25.0. The van der Waals surface area contributed by atoms with Crippen molar-refractivity contribution in [1.29, 1.82) is 0 Å². The number of nitrogens with two attached hydrogens (primary N) is 1. The molecule has 7 heteroatoms. The van der Waals surface area contributed by atoms with E-state index in [2.05, 4.69) is 0 Å². The summed E-state index contributed by atoms with van der Waals surface area (Å²) in [6, 6.07) is 6.81. The highest BCUT2D eigenvalue weighted by atomic mass is 32.2. The van der Waals surface area contributed by atoms with E-state index in [-0.39, 0.29) is 23.9 Å². The third kappa shape index (κ3) is 4.02. The summed E-state index contributed by atoms with van der Waals surface area (Å²) in [5.41, 5.74) is 6.75. The molecule has 0 aromatic heterocycles. The van der Waals surface area contributed by atoms with Crippen molar-refractivity contribution in [2.45, 2.75) is 5.75 Å². The standard InChI is InChI=1S/C11H16N2O3S2/c1-13(5-6-14)18(15,16)8-9-3-2-4-10(7-9)11(12)17/h2-4,7,14H,5-6,8H2,1H3,(H2,12,17). The fraction of sp³-hybridized carbons (Fsp3) is 0.364. The first kappa shape index (κ1) is 15.0. The number of aliphatic hydroxyl groups excluding tert-OH is 1. The first-order chi connectivity index (χ1) is 8.36. The fourth-order valence-corrected chi connectivity index (χ4v) is 2.72. The van der Waals surface area contributed by atoms with Crippen molar-refractivity contribution in [1.82, 2.24) is 4.31 Å². The molecule has 18 heavy (non-hydrogen) atoms. The molecule has 0 aliphatic rings. The van der Waals surface area contributed by atoms with Crippen LogP contribution in [0.15, 0.2) is 24.3 Å². The molecular weight excluding hydrogens is 272 g/mol. The number of thiocarbonyl (C=S) groups is 1. The first-order valence-electron chi connectivity index (χ1n) is 5.30. The molecule has 0 aliphatic heterocycles. The number of hydrogen-bond acceptors (Lipinski definition) is 4. The number of hydrogen-bond donors (Lipinski definition) is 2. The second-order valence-corrected chi connectivity index (χ2v) is 6.38. The van der Waals surface area contributed by atoms with Gasteiger partial charge in [0.15, 0.2) is 0 Å². The maximum atomic E-state index is 11.9. The third-order valence-corrected chi connectivity index (χ3v) is 4.52. The van der Waals surface area contributed by atoms with Crippen LogP contribution in [-0.2, 0) is 15.8 Å². The van der Waals surface area contributed by atoms with Gasteiger partial charge >= 0.3 is 0 Å². The van der Waals surface area contributed by atoms with Crippen LogP contribution in [0.2, 0.25) is 0 Å². The molecule has 0 unspecified atom stereocenters. The van der Waals surface area contributed by atoms with Gasteiger partial charge in [0.25, 0.3) is 0 Å². The molecule has 0 saturated heterocycles. The molecular formula is C11H16N2O3S2. The van der Waals surface area contributed by atoms with Crippen LogP contribution in [0.1, 0.15) is 11.1 Å². The van der Waals surface area contributed by atoms with Gasteiger partial charge in [-0.05, 0) is 11.6 Å². The highest BCUT2D eigenvalue weighted by molar-refractivity contribution is 7.88. The van der Waals surface area contributed by atoms with E-state index in [1.165, 1.54) is 7.05 Å². The quantitative estimate of drug-likeness (QED) is 0.724. The molecule has 0 heterocycles. The molecule has 0 fully saturated rings. The Labute approximate surface area is 112 Å². The Bertz CT molecular complexity index is 529. The maximum absolute atomic E-state index is 11.9. The Kier molecular flexibility index (Phi) is 5.21. The summed E-state index contributed by atoms with van der Waals surface area (Å²) in [5, 5.41) is 8.74. The average Bonchev–Trinajstić information content (AvgIpc) is 2.29. The van der Waals surface area contributed by atoms with Crippen molar-refractivity contribution in [2.75, 3.05) is 20.2 Å². The van der Waals surface area contributed by atoms with E-state index in [0.717, 1.165) is 4.31 Å². The smallest absolute Gasteiger partial charge is 0.218 e. The molecule has 0 spiro atoms. The van der Waals surface area contributed by atoms with Gasteiger partial charge in [-0.25, -0.2) is 12.7 Å². The lowest BCUT2D eigenvalue weighted by molar-refractivity contribution is 0.266. The molecule has 1 rings (SSSR count). The van der Waals surface area contributed by atoms with E-state index in [1.54, 1.807) is 24.3 Å². The summed E-state index contributed by atoms with van der Waals surface area (Å²) in [6.45, 7) is -0.125. The van der Waals surface area contributed by atoms with Crippen molar-refractivity contribution in [2.24, 2.45) is 5.73 Å². The van der Waals surface area contributed by atoms with Gasteiger partial charge in [0.05, 0.1) is 12.4 Å². The molecule has 0 aliphatic carbocycles. The predicted molar refractivity (Wildman–Crippen MR) is 74.7 cm³/mol. The van der Waals surface area contributed by atoms with Crippen molar-refractivity contribution >= 4 is 27.2 Å². The van der Waals surface area contributed by atoms with E-state index in [0.29, 0.717) is 11.1 Å². The Morgan fingerprint density at radius 3 is 2.72 bits per heavy atom. The van der Waals surface area contributed by atoms with Gasteiger partial charge < -0.3 is 10.8 Å². The van der Waals surface area contributed by atoms with Crippen LogP contribution in [-0.4, -0.2) is 43.0 Å². The highest BCUT2D eigenvalue weighted by Crippen LogP contribution is 2.11.